The molecular weight excluding hydrogens is 332 g/mol. The van der Waals surface area contributed by atoms with Crippen LogP contribution in [-0.4, -0.2) is 41.7 Å². The Bertz CT molecular complexity index is 535. The van der Waals surface area contributed by atoms with Gasteiger partial charge in [-0.1, -0.05) is 22.0 Å². The van der Waals surface area contributed by atoms with Gasteiger partial charge in [-0.3, -0.25) is 4.79 Å². The van der Waals surface area contributed by atoms with Crippen molar-refractivity contribution in [1.82, 2.24) is 10.2 Å². The molecule has 0 spiro atoms. The van der Waals surface area contributed by atoms with Crippen molar-refractivity contribution < 1.29 is 9.90 Å². The molecule has 1 fully saturated rings. The lowest BCUT2D eigenvalue weighted by atomic mass is 10.0. The highest BCUT2D eigenvalue weighted by molar-refractivity contribution is 9.10. The number of hydrogen-bond acceptors (Lipinski definition) is 3. The molecule has 1 aromatic carbocycles. The number of aliphatic hydroxyl groups excluding tert-OH is 1. The topological polar surface area (TPSA) is 52.6 Å². The van der Waals surface area contributed by atoms with Gasteiger partial charge in [0.25, 0.3) is 0 Å². The van der Waals surface area contributed by atoms with Crippen LogP contribution in [-0.2, 0) is 17.8 Å². The normalized spacial score (nSPS) is 25.5. The molecule has 114 valence electrons. The Kier molecular flexibility index (Phi) is 4.62. The highest BCUT2D eigenvalue weighted by atomic mass is 79.9. The summed E-state index contributed by atoms with van der Waals surface area (Å²) >= 11 is 3.51. The van der Waals surface area contributed by atoms with Crippen LogP contribution in [0.4, 0.5) is 0 Å². The van der Waals surface area contributed by atoms with Gasteiger partial charge in [0.05, 0.1) is 6.10 Å². The molecular formula is C16H21BrN2O2. The Hall–Kier alpha value is -0.910. The summed E-state index contributed by atoms with van der Waals surface area (Å²) in [7, 11) is 0. The van der Waals surface area contributed by atoms with E-state index in [9.17, 15) is 9.90 Å². The van der Waals surface area contributed by atoms with Gasteiger partial charge in [0.2, 0.25) is 5.91 Å². The number of β-amino-alcohol motifs (C(OH)–C–C–N with tert-alkyl or cyclic N) is 1. The average Bonchev–Trinajstić information content (AvgIpc) is 2.74. The number of hydrogen-bond donors (Lipinski definition) is 2. The van der Waals surface area contributed by atoms with Gasteiger partial charge in [0, 0.05) is 43.0 Å². The van der Waals surface area contributed by atoms with Crippen LogP contribution in [0.5, 0.6) is 0 Å². The van der Waals surface area contributed by atoms with Crippen molar-refractivity contribution in [3.8, 4) is 0 Å². The van der Waals surface area contributed by atoms with Crippen LogP contribution < -0.4 is 5.32 Å². The molecule has 4 nitrogen and oxygen atoms in total. The fraction of sp³-hybridized carbons (Fsp3) is 0.562. The number of carbonyl (C=O) groups is 1. The first kappa shape index (κ1) is 15.0. The van der Waals surface area contributed by atoms with Gasteiger partial charge in [-0.25, -0.2) is 0 Å². The van der Waals surface area contributed by atoms with E-state index in [0.717, 1.165) is 30.4 Å². The number of rotatable bonds is 2. The third kappa shape index (κ3) is 3.47. The van der Waals surface area contributed by atoms with Gasteiger partial charge in [0.1, 0.15) is 0 Å². The Morgan fingerprint density at radius 2 is 2.24 bits per heavy atom. The summed E-state index contributed by atoms with van der Waals surface area (Å²) in [6, 6.07) is 6.34. The zero-order valence-electron chi connectivity index (χ0n) is 12.0. The van der Waals surface area contributed by atoms with Crippen molar-refractivity contribution in [3.05, 3.63) is 33.8 Å². The lowest BCUT2D eigenvalue weighted by Crippen LogP contribution is -2.34. The number of carbonyl (C=O) groups excluding carboxylic acids is 1. The third-order valence-electron chi connectivity index (χ3n) is 4.50. The average molecular weight is 353 g/mol. The maximum atomic E-state index is 12.5. The van der Waals surface area contributed by atoms with Crippen molar-refractivity contribution in [3.63, 3.8) is 0 Å². The number of halogens is 1. The van der Waals surface area contributed by atoms with Gasteiger partial charge < -0.3 is 15.3 Å². The summed E-state index contributed by atoms with van der Waals surface area (Å²) in [5.74, 6) is 0.221. The third-order valence-corrected chi connectivity index (χ3v) is 4.99. The molecule has 2 N–H and O–H groups in total. The summed E-state index contributed by atoms with van der Waals surface area (Å²) in [5.41, 5.74) is 2.58. The maximum absolute atomic E-state index is 12.5. The minimum absolute atomic E-state index is 0.0581. The molecule has 5 heteroatoms. The predicted octanol–water partition coefficient (Wildman–Crippen LogP) is 1.69. The first-order chi connectivity index (χ1) is 10.1. The van der Waals surface area contributed by atoms with Gasteiger partial charge in [-0.2, -0.15) is 0 Å². The Morgan fingerprint density at radius 3 is 3.00 bits per heavy atom. The molecule has 2 aliphatic heterocycles. The number of aryl methyl sites for hydroxylation is 1. The van der Waals surface area contributed by atoms with Crippen LogP contribution in [0.25, 0.3) is 0 Å². The van der Waals surface area contributed by atoms with Crippen molar-refractivity contribution >= 4 is 21.8 Å². The first-order valence-electron chi connectivity index (χ1n) is 7.57. The monoisotopic (exact) mass is 352 g/mol. The van der Waals surface area contributed by atoms with E-state index in [1.54, 1.807) is 0 Å². The highest BCUT2D eigenvalue weighted by Gasteiger charge is 2.29. The molecule has 2 aliphatic rings. The fourth-order valence-electron chi connectivity index (χ4n) is 3.22. The van der Waals surface area contributed by atoms with E-state index in [1.807, 2.05) is 4.90 Å². The van der Waals surface area contributed by atoms with E-state index < -0.39 is 0 Å². The predicted molar refractivity (Wildman–Crippen MR) is 84.9 cm³/mol. The smallest absolute Gasteiger partial charge is 0.223 e. The molecule has 0 aliphatic carbocycles. The lowest BCUT2D eigenvalue weighted by Gasteiger charge is -2.23. The van der Waals surface area contributed by atoms with Gasteiger partial charge in [0.15, 0.2) is 0 Å². The van der Waals surface area contributed by atoms with Gasteiger partial charge in [-0.15, -0.1) is 0 Å². The van der Waals surface area contributed by atoms with E-state index >= 15 is 0 Å². The molecule has 2 heterocycles. The van der Waals surface area contributed by atoms with Crippen molar-refractivity contribution in [1.29, 1.82) is 0 Å². The minimum Gasteiger partial charge on any atom is -0.391 e. The summed E-state index contributed by atoms with van der Waals surface area (Å²) in [6.07, 6.45) is 2.09. The zero-order chi connectivity index (χ0) is 14.8. The number of benzene rings is 1. The number of aliphatic hydroxyl groups is 1. The molecule has 3 rings (SSSR count). The Labute approximate surface area is 133 Å². The number of nitrogens with one attached hydrogen (secondary N) is 1. The minimum atomic E-state index is -0.387. The number of amides is 1. The van der Waals surface area contributed by atoms with Crippen LogP contribution in [0.3, 0.4) is 0 Å². The molecule has 0 bridgehead atoms. The SMILES string of the molecule is O=C(C[C@@H]1CNC[C@H]1O)N1CCCc2ccc(Br)cc2C1. The van der Waals surface area contributed by atoms with Crippen LogP contribution >= 0.6 is 15.9 Å². The molecule has 1 aromatic rings. The van der Waals surface area contributed by atoms with Crippen molar-refractivity contribution in [2.45, 2.75) is 31.9 Å². The molecule has 0 aromatic heterocycles. The summed E-state index contributed by atoms with van der Waals surface area (Å²) in [6.45, 7) is 2.84. The van der Waals surface area contributed by atoms with E-state index in [4.69, 9.17) is 0 Å². The van der Waals surface area contributed by atoms with Gasteiger partial charge in [-0.05, 0) is 36.1 Å². The molecule has 1 saturated heterocycles. The molecule has 2 atom stereocenters. The first-order valence-corrected chi connectivity index (χ1v) is 8.36. The van der Waals surface area contributed by atoms with Gasteiger partial charge >= 0.3 is 0 Å². The lowest BCUT2D eigenvalue weighted by molar-refractivity contribution is -0.133. The largest absolute Gasteiger partial charge is 0.391 e. The van der Waals surface area contributed by atoms with Crippen LogP contribution in [0.1, 0.15) is 24.0 Å². The molecule has 0 saturated carbocycles. The van der Waals surface area contributed by atoms with E-state index in [0.29, 0.717) is 19.5 Å². The van der Waals surface area contributed by atoms with Crippen LogP contribution in [0.15, 0.2) is 22.7 Å². The highest BCUT2D eigenvalue weighted by Crippen LogP contribution is 2.24. The quantitative estimate of drug-likeness (QED) is 0.851. The fourth-order valence-corrected chi connectivity index (χ4v) is 3.63. The Morgan fingerprint density at radius 1 is 1.38 bits per heavy atom. The second kappa shape index (κ2) is 6.46. The second-order valence-corrected chi connectivity index (χ2v) is 6.94. The van der Waals surface area contributed by atoms with Crippen molar-refractivity contribution in [2.24, 2.45) is 5.92 Å². The van der Waals surface area contributed by atoms with E-state index in [-0.39, 0.29) is 17.9 Å². The summed E-state index contributed by atoms with van der Waals surface area (Å²) in [4.78, 5) is 14.5. The summed E-state index contributed by atoms with van der Waals surface area (Å²) < 4.78 is 1.06. The second-order valence-electron chi connectivity index (χ2n) is 6.02. The molecule has 21 heavy (non-hydrogen) atoms. The number of nitrogens with zero attached hydrogens (tertiary/aromatic N) is 1. The molecule has 0 unspecified atom stereocenters. The van der Waals surface area contributed by atoms with Crippen LogP contribution in [0, 0.1) is 5.92 Å². The molecule has 1 amide bonds. The zero-order valence-corrected chi connectivity index (χ0v) is 13.6. The van der Waals surface area contributed by atoms with E-state index in [2.05, 4.69) is 39.4 Å². The van der Waals surface area contributed by atoms with Crippen molar-refractivity contribution in [2.75, 3.05) is 19.6 Å². The number of fused-ring (bicyclic) bond motifs is 1. The van der Waals surface area contributed by atoms with E-state index in [1.165, 1.54) is 11.1 Å². The summed E-state index contributed by atoms with van der Waals surface area (Å²) in [5, 5.41) is 13.0. The maximum Gasteiger partial charge on any atom is 0.223 e. The molecule has 0 radical (unpaired) electrons. The van der Waals surface area contributed by atoms with Crippen LogP contribution in [0.2, 0.25) is 0 Å². The Balaban J connectivity index is 1.69. The standard InChI is InChI=1S/C16H21BrN2O2/c17-14-4-3-11-2-1-5-19(10-13(11)6-14)16(21)7-12-8-18-9-15(12)20/h3-4,6,12,15,18,20H,1-2,5,7-10H2/t12-,15-/m1/s1.